The van der Waals surface area contributed by atoms with Crippen molar-refractivity contribution in [2.75, 3.05) is 19.7 Å². The van der Waals surface area contributed by atoms with E-state index < -0.39 is 0 Å². The minimum atomic E-state index is -0.302. The third-order valence-electron chi connectivity index (χ3n) is 2.43. The van der Waals surface area contributed by atoms with Crippen LogP contribution in [0.2, 0.25) is 0 Å². The summed E-state index contributed by atoms with van der Waals surface area (Å²) in [4.78, 5) is 10.9. The fraction of sp³-hybridized carbons (Fsp3) is 0.900. The number of amides is 1. The molecule has 0 bridgehead atoms. The first-order valence-corrected chi connectivity index (χ1v) is 5.47. The fourth-order valence-corrected chi connectivity index (χ4v) is 1.66. The van der Waals surface area contributed by atoms with Crippen molar-refractivity contribution in [1.29, 1.82) is 0 Å². The topological polar surface area (TPSA) is 50.4 Å². The molecule has 0 aliphatic carbocycles. The second-order valence-electron chi connectivity index (χ2n) is 3.60. The second kappa shape index (κ2) is 6.65. The maximum absolute atomic E-state index is 10.9. The van der Waals surface area contributed by atoms with Crippen molar-refractivity contribution in [1.82, 2.24) is 10.6 Å². The number of alkyl carbamates (subject to hydrolysis) is 1. The van der Waals surface area contributed by atoms with Gasteiger partial charge in [0.25, 0.3) is 0 Å². The molecule has 0 spiro atoms. The van der Waals surface area contributed by atoms with Gasteiger partial charge in [-0.1, -0.05) is 6.42 Å². The van der Waals surface area contributed by atoms with Crippen LogP contribution in [0.15, 0.2) is 0 Å². The lowest BCUT2D eigenvalue weighted by Crippen LogP contribution is -2.35. The monoisotopic (exact) mass is 200 g/mol. The van der Waals surface area contributed by atoms with Gasteiger partial charge in [0.15, 0.2) is 0 Å². The predicted octanol–water partition coefficient (Wildman–Crippen LogP) is 1.26. The molecule has 1 atom stereocenters. The third-order valence-corrected chi connectivity index (χ3v) is 2.43. The van der Waals surface area contributed by atoms with Crippen LogP contribution in [0.25, 0.3) is 0 Å². The number of rotatable bonds is 4. The first kappa shape index (κ1) is 11.3. The van der Waals surface area contributed by atoms with E-state index in [-0.39, 0.29) is 6.09 Å². The van der Waals surface area contributed by atoms with Gasteiger partial charge in [0.05, 0.1) is 6.61 Å². The number of nitrogens with one attached hydrogen (secondary N) is 2. The van der Waals surface area contributed by atoms with E-state index in [1.54, 1.807) is 0 Å². The van der Waals surface area contributed by atoms with Crippen LogP contribution in [0.4, 0.5) is 4.79 Å². The Morgan fingerprint density at radius 3 is 3.07 bits per heavy atom. The van der Waals surface area contributed by atoms with E-state index in [2.05, 4.69) is 10.6 Å². The van der Waals surface area contributed by atoms with Crippen LogP contribution >= 0.6 is 0 Å². The van der Waals surface area contributed by atoms with Gasteiger partial charge in [-0.3, -0.25) is 0 Å². The molecule has 1 saturated heterocycles. The Hall–Kier alpha value is -0.770. The number of hydrogen-bond donors (Lipinski definition) is 2. The molecule has 14 heavy (non-hydrogen) atoms. The lowest BCUT2D eigenvalue weighted by atomic mass is 10.0. The van der Waals surface area contributed by atoms with Crippen molar-refractivity contribution in [3.8, 4) is 0 Å². The predicted molar refractivity (Wildman–Crippen MR) is 55.3 cm³/mol. The molecule has 1 aliphatic rings. The normalized spacial score (nSPS) is 21.6. The highest BCUT2D eigenvalue weighted by molar-refractivity contribution is 5.66. The molecule has 0 radical (unpaired) electrons. The van der Waals surface area contributed by atoms with E-state index in [4.69, 9.17) is 4.74 Å². The maximum Gasteiger partial charge on any atom is 0.407 e. The largest absolute Gasteiger partial charge is 0.450 e. The van der Waals surface area contributed by atoms with Crippen LogP contribution in [0.1, 0.15) is 32.6 Å². The molecular weight excluding hydrogens is 180 g/mol. The summed E-state index contributed by atoms with van der Waals surface area (Å²) in [5.41, 5.74) is 0. The molecule has 1 heterocycles. The van der Waals surface area contributed by atoms with Crippen LogP contribution in [0.3, 0.4) is 0 Å². The van der Waals surface area contributed by atoms with E-state index in [1.807, 2.05) is 6.92 Å². The zero-order chi connectivity index (χ0) is 10.2. The van der Waals surface area contributed by atoms with Crippen LogP contribution in [0.5, 0.6) is 0 Å². The van der Waals surface area contributed by atoms with Gasteiger partial charge in [-0.2, -0.15) is 0 Å². The Morgan fingerprint density at radius 1 is 1.57 bits per heavy atom. The highest BCUT2D eigenvalue weighted by Crippen LogP contribution is 2.09. The van der Waals surface area contributed by atoms with E-state index in [0.29, 0.717) is 19.2 Å². The Labute approximate surface area is 85.4 Å². The third kappa shape index (κ3) is 4.46. The number of carbonyl (C=O) groups is 1. The highest BCUT2D eigenvalue weighted by atomic mass is 16.5. The van der Waals surface area contributed by atoms with Gasteiger partial charge in [0, 0.05) is 12.6 Å². The smallest absolute Gasteiger partial charge is 0.407 e. The summed E-state index contributed by atoms with van der Waals surface area (Å²) in [6.45, 7) is 4.12. The summed E-state index contributed by atoms with van der Waals surface area (Å²) >= 11 is 0. The molecule has 1 aliphatic heterocycles. The summed E-state index contributed by atoms with van der Waals surface area (Å²) < 4.78 is 5.00. The summed E-state index contributed by atoms with van der Waals surface area (Å²) in [7, 11) is 0. The molecule has 4 nitrogen and oxygen atoms in total. The Bertz CT molecular complexity index is 168. The quantitative estimate of drug-likeness (QED) is 0.718. The van der Waals surface area contributed by atoms with Crippen molar-refractivity contribution in [3.05, 3.63) is 0 Å². The molecule has 0 aromatic carbocycles. The first-order valence-electron chi connectivity index (χ1n) is 5.47. The standard InChI is InChI=1S/C10H20N2O2/c1-2-11-10(13)14-8-6-9-5-3-4-7-12-9/h9,12H,2-8H2,1H3,(H,11,13). The van der Waals surface area contributed by atoms with Crippen molar-refractivity contribution < 1.29 is 9.53 Å². The van der Waals surface area contributed by atoms with Gasteiger partial charge in [-0.15, -0.1) is 0 Å². The fourth-order valence-electron chi connectivity index (χ4n) is 1.66. The van der Waals surface area contributed by atoms with Gasteiger partial charge < -0.3 is 15.4 Å². The van der Waals surface area contributed by atoms with E-state index >= 15 is 0 Å². The minimum Gasteiger partial charge on any atom is -0.450 e. The van der Waals surface area contributed by atoms with Crippen LogP contribution in [0, 0.1) is 0 Å². The molecular formula is C10H20N2O2. The second-order valence-corrected chi connectivity index (χ2v) is 3.60. The van der Waals surface area contributed by atoms with Gasteiger partial charge in [-0.25, -0.2) is 4.79 Å². The Kier molecular flexibility index (Phi) is 5.37. The molecule has 0 aromatic heterocycles. The molecule has 1 rings (SSSR count). The molecule has 1 fully saturated rings. The van der Waals surface area contributed by atoms with Gasteiger partial charge >= 0.3 is 6.09 Å². The Balaban J connectivity index is 1.99. The number of ether oxygens (including phenoxy) is 1. The summed E-state index contributed by atoms with van der Waals surface area (Å²) in [6, 6.07) is 0.540. The molecule has 1 amide bonds. The van der Waals surface area contributed by atoms with E-state index in [1.165, 1.54) is 19.3 Å². The average molecular weight is 200 g/mol. The summed E-state index contributed by atoms with van der Waals surface area (Å²) in [6.07, 6.45) is 4.39. The molecule has 82 valence electrons. The Morgan fingerprint density at radius 2 is 2.43 bits per heavy atom. The van der Waals surface area contributed by atoms with Crippen LogP contribution < -0.4 is 10.6 Å². The highest BCUT2D eigenvalue weighted by Gasteiger charge is 2.12. The molecule has 4 heteroatoms. The van der Waals surface area contributed by atoms with Crippen LogP contribution in [-0.4, -0.2) is 31.8 Å². The van der Waals surface area contributed by atoms with E-state index in [9.17, 15) is 4.79 Å². The lowest BCUT2D eigenvalue weighted by molar-refractivity contribution is 0.139. The summed E-state index contributed by atoms with van der Waals surface area (Å²) in [5.74, 6) is 0. The van der Waals surface area contributed by atoms with Crippen molar-refractivity contribution in [3.63, 3.8) is 0 Å². The zero-order valence-electron chi connectivity index (χ0n) is 8.84. The SMILES string of the molecule is CCNC(=O)OCCC1CCCCN1. The van der Waals surface area contributed by atoms with Crippen molar-refractivity contribution >= 4 is 6.09 Å². The number of carbonyl (C=O) groups excluding carboxylic acids is 1. The molecule has 0 aromatic rings. The van der Waals surface area contributed by atoms with Crippen molar-refractivity contribution in [2.24, 2.45) is 0 Å². The zero-order valence-corrected chi connectivity index (χ0v) is 8.84. The van der Waals surface area contributed by atoms with Gasteiger partial charge in [0.2, 0.25) is 0 Å². The van der Waals surface area contributed by atoms with Crippen molar-refractivity contribution in [2.45, 2.75) is 38.6 Å². The number of piperidine rings is 1. The average Bonchev–Trinajstić information content (AvgIpc) is 2.20. The molecule has 0 saturated carbocycles. The first-order chi connectivity index (χ1) is 6.83. The van der Waals surface area contributed by atoms with Crippen LogP contribution in [-0.2, 0) is 4.74 Å². The maximum atomic E-state index is 10.9. The minimum absolute atomic E-state index is 0.302. The van der Waals surface area contributed by atoms with E-state index in [0.717, 1.165) is 13.0 Å². The van der Waals surface area contributed by atoms with Gasteiger partial charge in [0.1, 0.15) is 0 Å². The molecule has 1 unspecified atom stereocenters. The molecule has 2 N–H and O–H groups in total. The number of hydrogen-bond acceptors (Lipinski definition) is 3. The summed E-state index contributed by atoms with van der Waals surface area (Å²) in [5, 5.41) is 6.01. The lowest BCUT2D eigenvalue weighted by Gasteiger charge is -2.22. The van der Waals surface area contributed by atoms with Gasteiger partial charge in [-0.05, 0) is 32.7 Å².